The number of nitrogens with zero attached hydrogens (tertiary/aromatic N) is 1. The molecular weight excluding hydrogens is 256 g/mol. The minimum atomic E-state index is -0.326. The van der Waals surface area contributed by atoms with Crippen LogP contribution in [0.1, 0.15) is 46.5 Å². The molecule has 0 aromatic heterocycles. The molecule has 2 N–H and O–H groups in total. The van der Waals surface area contributed by atoms with Crippen molar-refractivity contribution in [2.75, 3.05) is 19.7 Å². The first-order chi connectivity index (χ1) is 9.41. The summed E-state index contributed by atoms with van der Waals surface area (Å²) in [7, 11) is 0. The van der Waals surface area contributed by atoms with Crippen LogP contribution >= 0.6 is 0 Å². The molecule has 2 aliphatic rings. The summed E-state index contributed by atoms with van der Waals surface area (Å²) in [4.78, 5) is 14.5. The van der Waals surface area contributed by atoms with Gasteiger partial charge >= 0.3 is 0 Å². The minimum Gasteiger partial charge on any atom is -0.394 e. The number of rotatable bonds is 4. The minimum absolute atomic E-state index is 0.00308. The van der Waals surface area contributed by atoms with Crippen molar-refractivity contribution in [2.45, 2.75) is 70.2 Å². The maximum Gasteiger partial charge on any atom is 0.237 e. The van der Waals surface area contributed by atoms with E-state index in [2.05, 4.69) is 10.2 Å². The number of hydrogen-bond acceptors (Lipinski definition) is 4. The summed E-state index contributed by atoms with van der Waals surface area (Å²) in [5.74, 6) is 0.103. The van der Waals surface area contributed by atoms with Gasteiger partial charge in [-0.25, -0.2) is 0 Å². The third-order valence-electron chi connectivity index (χ3n) is 4.34. The predicted octanol–water partition coefficient (Wildman–Crippen LogP) is 0.905. The molecule has 1 aliphatic heterocycles. The van der Waals surface area contributed by atoms with Crippen molar-refractivity contribution in [3.05, 3.63) is 0 Å². The molecule has 0 aromatic carbocycles. The Balaban J connectivity index is 1.92. The van der Waals surface area contributed by atoms with Crippen LogP contribution < -0.4 is 5.32 Å². The number of aliphatic hydroxyl groups excluding tert-OH is 1. The molecule has 5 heteroatoms. The Kier molecular flexibility index (Phi) is 5.04. The van der Waals surface area contributed by atoms with Gasteiger partial charge in [0.05, 0.1) is 24.4 Å². The quantitative estimate of drug-likeness (QED) is 0.805. The Bertz CT molecular complexity index is 340. The van der Waals surface area contributed by atoms with E-state index in [1.54, 1.807) is 0 Å². The van der Waals surface area contributed by atoms with E-state index in [1.165, 1.54) is 12.8 Å². The van der Waals surface area contributed by atoms with Gasteiger partial charge in [-0.15, -0.1) is 0 Å². The Morgan fingerprint density at radius 3 is 2.70 bits per heavy atom. The van der Waals surface area contributed by atoms with Crippen LogP contribution in [0.3, 0.4) is 0 Å². The van der Waals surface area contributed by atoms with Crippen molar-refractivity contribution in [1.29, 1.82) is 0 Å². The zero-order valence-corrected chi connectivity index (χ0v) is 12.9. The van der Waals surface area contributed by atoms with Crippen molar-refractivity contribution in [2.24, 2.45) is 0 Å². The molecule has 1 aliphatic carbocycles. The summed E-state index contributed by atoms with van der Waals surface area (Å²) in [6, 6.07) is 0.181. The first-order valence-electron chi connectivity index (χ1n) is 7.74. The summed E-state index contributed by atoms with van der Waals surface area (Å²) in [5.41, 5.74) is -0.326. The molecule has 116 valence electrons. The van der Waals surface area contributed by atoms with Gasteiger partial charge in [0.15, 0.2) is 0 Å². The topological polar surface area (TPSA) is 61.8 Å². The van der Waals surface area contributed by atoms with Crippen molar-refractivity contribution >= 4 is 5.91 Å². The maximum atomic E-state index is 12.3. The predicted molar refractivity (Wildman–Crippen MR) is 77.5 cm³/mol. The second kappa shape index (κ2) is 6.41. The molecule has 20 heavy (non-hydrogen) atoms. The SMILES string of the molecule is CC(C(=O)NC1CCCC1)N1CC(CO)OC(C)(C)C1. The van der Waals surface area contributed by atoms with Crippen molar-refractivity contribution in [3.8, 4) is 0 Å². The van der Waals surface area contributed by atoms with Gasteiger partial charge in [0.1, 0.15) is 0 Å². The highest BCUT2D eigenvalue weighted by molar-refractivity contribution is 5.81. The van der Waals surface area contributed by atoms with Crippen LogP contribution in [-0.4, -0.2) is 59.4 Å². The zero-order valence-electron chi connectivity index (χ0n) is 12.9. The van der Waals surface area contributed by atoms with E-state index in [1.807, 2.05) is 20.8 Å². The summed E-state index contributed by atoms with van der Waals surface area (Å²) >= 11 is 0. The number of aliphatic hydroxyl groups is 1. The number of hydrogen-bond donors (Lipinski definition) is 2. The van der Waals surface area contributed by atoms with Crippen molar-refractivity contribution in [3.63, 3.8) is 0 Å². The fourth-order valence-corrected chi connectivity index (χ4v) is 3.29. The van der Waals surface area contributed by atoms with E-state index in [4.69, 9.17) is 4.74 Å². The van der Waals surface area contributed by atoms with Gasteiger partial charge in [-0.05, 0) is 33.6 Å². The Morgan fingerprint density at radius 2 is 2.10 bits per heavy atom. The van der Waals surface area contributed by atoms with Crippen LogP contribution in [0.4, 0.5) is 0 Å². The molecule has 2 atom stereocenters. The first kappa shape index (κ1) is 15.7. The molecule has 2 rings (SSSR count). The molecule has 1 saturated heterocycles. The van der Waals surface area contributed by atoms with E-state index >= 15 is 0 Å². The summed E-state index contributed by atoms with van der Waals surface area (Å²) in [5, 5.41) is 12.5. The molecule has 0 radical (unpaired) electrons. The molecule has 0 bridgehead atoms. The van der Waals surface area contributed by atoms with Gasteiger partial charge in [0.25, 0.3) is 0 Å². The number of carbonyl (C=O) groups is 1. The highest BCUT2D eigenvalue weighted by Crippen LogP contribution is 2.23. The Labute approximate surface area is 121 Å². The largest absolute Gasteiger partial charge is 0.394 e. The Hall–Kier alpha value is -0.650. The lowest BCUT2D eigenvalue weighted by atomic mass is 10.0. The van der Waals surface area contributed by atoms with Gasteiger partial charge in [0, 0.05) is 19.1 Å². The second-order valence-electron chi connectivity index (χ2n) is 6.78. The average molecular weight is 284 g/mol. The van der Waals surface area contributed by atoms with Crippen molar-refractivity contribution < 1.29 is 14.6 Å². The normalized spacial score (nSPS) is 29.3. The lowest BCUT2D eigenvalue weighted by molar-refractivity contribution is -0.161. The van der Waals surface area contributed by atoms with Gasteiger partial charge < -0.3 is 15.2 Å². The molecule has 1 amide bonds. The number of morpholine rings is 1. The molecule has 0 aromatic rings. The highest BCUT2D eigenvalue weighted by Gasteiger charge is 2.37. The maximum absolute atomic E-state index is 12.3. The number of ether oxygens (including phenoxy) is 1. The van der Waals surface area contributed by atoms with Crippen molar-refractivity contribution in [1.82, 2.24) is 10.2 Å². The monoisotopic (exact) mass is 284 g/mol. The zero-order chi connectivity index (χ0) is 14.8. The smallest absolute Gasteiger partial charge is 0.237 e. The van der Waals surface area contributed by atoms with Gasteiger partial charge in [-0.2, -0.15) is 0 Å². The average Bonchev–Trinajstić information content (AvgIpc) is 2.88. The summed E-state index contributed by atoms with van der Waals surface area (Å²) in [6.45, 7) is 7.27. The van der Waals surface area contributed by atoms with E-state index in [0.29, 0.717) is 19.1 Å². The molecule has 1 heterocycles. The summed E-state index contributed by atoms with van der Waals surface area (Å²) < 4.78 is 5.79. The summed E-state index contributed by atoms with van der Waals surface area (Å²) in [6.07, 6.45) is 4.44. The lowest BCUT2D eigenvalue weighted by Crippen LogP contribution is -2.59. The van der Waals surface area contributed by atoms with Crippen LogP contribution in [-0.2, 0) is 9.53 Å². The number of nitrogens with one attached hydrogen (secondary N) is 1. The van der Waals surface area contributed by atoms with Crippen LogP contribution in [0.2, 0.25) is 0 Å². The van der Waals surface area contributed by atoms with Gasteiger partial charge in [-0.3, -0.25) is 9.69 Å². The van der Waals surface area contributed by atoms with E-state index < -0.39 is 0 Å². The van der Waals surface area contributed by atoms with Crippen LogP contribution in [0.5, 0.6) is 0 Å². The fourth-order valence-electron chi connectivity index (χ4n) is 3.29. The molecule has 2 unspecified atom stereocenters. The highest BCUT2D eigenvalue weighted by atomic mass is 16.5. The second-order valence-corrected chi connectivity index (χ2v) is 6.78. The molecular formula is C15H28N2O3. The standard InChI is InChI=1S/C15H28N2O3/c1-11(14(19)16-12-6-4-5-7-12)17-8-13(9-18)20-15(2,3)10-17/h11-13,18H,4-10H2,1-3H3,(H,16,19). The van der Waals surface area contributed by atoms with E-state index in [9.17, 15) is 9.90 Å². The van der Waals surface area contributed by atoms with E-state index in [0.717, 1.165) is 12.8 Å². The first-order valence-corrected chi connectivity index (χ1v) is 7.74. The van der Waals surface area contributed by atoms with Gasteiger partial charge in [0.2, 0.25) is 5.91 Å². The van der Waals surface area contributed by atoms with Gasteiger partial charge in [-0.1, -0.05) is 12.8 Å². The Morgan fingerprint density at radius 1 is 1.45 bits per heavy atom. The number of carbonyl (C=O) groups excluding carboxylic acids is 1. The van der Waals surface area contributed by atoms with Crippen LogP contribution in [0, 0.1) is 0 Å². The fraction of sp³-hybridized carbons (Fsp3) is 0.933. The van der Waals surface area contributed by atoms with E-state index in [-0.39, 0.29) is 30.3 Å². The third kappa shape index (κ3) is 3.93. The third-order valence-corrected chi connectivity index (χ3v) is 4.34. The van der Waals surface area contributed by atoms with Crippen LogP contribution in [0.15, 0.2) is 0 Å². The molecule has 5 nitrogen and oxygen atoms in total. The number of amides is 1. The lowest BCUT2D eigenvalue weighted by Gasteiger charge is -2.44. The van der Waals surface area contributed by atoms with Crippen LogP contribution in [0.25, 0.3) is 0 Å². The molecule has 2 fully saturated rings. The molecule has 1 saturated carbocycles. The molecule has 0 spiro atoms.